The highest BCUT2D eigenvalue weighted by Gasteiger charge is 2.37. The number of carbonyl (C=O) groups excluding carboxylic acids is 3. The molecule has 3 aromatic carbocycles. The van der Waals surface area contributed by atoms with Crippen molar-refractivity contribution in [3.05, 3.63) is 83.4 Å². The Morgan fingerprint density at radius 2 is 1.61 bits per heavy atom. The number of fused-ring (bicyclic) bond motifs is 1. The zero-order valence-corrected chi connectivity index (χ0v) is 18.5. The highest BCUT2D eigenvalue weighted by atomic mass is 16.5. The summed E-state index contributed by atoms with van der Waals surface area (Å²) in [6, 6.07) is 18.4. The summed E-state index contributed by atoms with van der Waals surface area (Å²) < 4.78 is 11.1. The molecule has 168 valence electrons. The molecule has 1 aliphatic heterocycles. The minimum Gasteiger partial charge on any atom is -0.494 e. The second-order valence-corrected chi connectivity index (χ2v) is 7.56. The topological polar surface area (TPSA) is 84.9 Å². The predicted molar refractivity (Wildman–Crippen MR) is 125 cm³/mol. The molecule has 0 fully saturated rings. The fourth-order valence-electron chi connectivity index (χ4n) is 3.59. The summed E-state index contributed by atoms with van der Waals surface area (Å²) in [4.78, 5) is 39.4. The Labute approximate surface area is 191 Å². The zero-order valence-electron chi connectivity index (χ0n) is 18.5. The van der Waals surface area contributed by atoms with Crippen LogP contribution in [-0.4, -0.2) is 31.4 Å². The van der Waals surface area contributed by atoms with Crippen molar-refractivity contribution >= 4 is 29.1 Å². The summed E-state index contributed by atoms with van der Waals surface area (Å²) in [7, 11) is 1.44. The second-order valence-electron chi connectivity index (χ2n) is 7.56. The highest BCUT2D eigenvalue weighted by molar-refractivity contribution is 6.34. The third-order valence-corrected chi connectivity index (χ3v) is 5.36. The van der Waals surface area contributed by atoms with Crippen LogP contribution in [0.5, 0.6) is 11.5 Å². The number of anilines is 2. The van der Waals surface area contributed by atoms with E-state index >= 15 is 0 Å². The molecule has 1 aliphatic rings. The largest absolute Gasteiger partial charge is 0.494 e. The van der Waals surface area contributed by atoms with E-state index in [-0.39, 0.29) is 5.91 Å². The summed E-state index contributed by atoms with van der Waals surface area (Å²) in [5, 5.41) is 2.81. The number of rotatable bonds is 8. The van der Waals surface area contributed by atoms with E-state index in [9.17, 15) is 14.4 Å². The molecule has 1 N–H and O–H groups in total. The third kappa shape index (κ3) is 4.43. The molecule has 0 aromatic heterocycles. The summed E-state index contributed by atoms with van der Waals surface area (Å²) in [5.74, 6) is -0.113. The average molecular weight is 444 g/mol. The van der Waals surface area contributed by atoms with Gasteiger partial charge in [-0.15, -0.1) is 0 Å². The molecular weight excluding hydrogens is 420 g/mol. The van der Waals surface area contributed by atoms with Crippen molar-refractivity contribution in [2.75, 3.05) is 23.9 Å². The first-order valence-electron chi connectivity index (χ1n) is 10.7. The number of nitrogens with one attached hydrogen (secondary N) is 1. The van der Waals surface area contributed by atoms with Gasteiger partial charge in [-0.2, -0.15) is 0 Å². The zero-order chi connectivity index (χ0) is 23.4. The Kier molecular flexibility index (Phi) is 6.40. The highest BCUT2D eigenvalue weighted by Crippen LogP contribution is 2.36. The lowest BCUT2D eigenvalue weighted by Gasteiger charge is -2.18. The van der Waals surface area contributed by atoms with Crippen LogP contribution in [0.25, 0.3) is 0 Å². The van der Waals surface area contributed by atoms with E-state index in [1.54, 1.807) is 66.7 Å². The molecule has 4 rings (SSSR count). The van der Waals surface area contributed by atoms with E-state index in [1.807, 2.05) is 0 Å². The molecule has 0 atom stereocenters. The molecular formula is C26H24N2O5. The van der Waals surface area contributed by atoms with Crippen molar-refractivity contribution in [1.29, 1.82) is 0 Å². The van der Waals surface area contributed by atoms with Crippen molar-refractivity contribution < 1.29 is 23.9 Å². The fourth-order valence-corrected chi connectivity index (χ4v) is 3.59. The summed E-state index contributed by atoms with van der Waals surface area (Å²) in [6.45, 7) is 2.74. The maximum absolute atomic E-state index is 12.8. The fraction of sp³-hybridized carbons (Fsp3) is 0.192. The molecule has 1 heterocycles. The Hall–Kier alpha value is -4.13. The number of benzene rings is 3. The molecule has 7 heteroatoms. The minimum atomic E-state index is -0.410. The van der Waals surface area contributed by atoms with Gasteiger partial charge < -0.3 is 14.8 Å². The number of unbranched alkanes of at least 4 members (excludes halogenated alkanes) is 1. The van der Waals surface area contributed by atoms with Gasteiger partial charge in [0.2, 0.25) is 0 Å². The molecule has 0 spiro atoms. The monoisotopic (exact) mass is 444 g/mol. The van der Waals surface area contributed by atoms with E-state index in [2.05, 4.69) is 12.2 Å². The molecule has 33 heavy (non-hydrogen) atoms. The van der Waals surface area contributed by atoms with Crippen molar-refractivity contribution in [1.82, 2.24) is 0 Å². The lowest BCUT2D eigenvalue weighted by Crippen LogP contribution is -2.29. The maximum Gasteiger partial charge on any atom is 0.266 e. The molecule has 7 nitrogen and oxygen atoms in total. The molecule has 0 radical (unpaired) electrons. The minimum absolute atomic E-state index is 0.293. The van der Waals surface area contributed by atoms with Gasteiger partial charge >= 0.3 is 0 Å². The van der Waals surface area contributed by atoms with Crippen LogP contribution in [0, 0.1) is 0 Å². The van der Waals surface area contributed by atoms with E-state index in [1.165, 1.54) is 7.11 Å². The number of methoxy groups -OCH3 is 1. The van der Waals surface area contributed by atoms with Gasteiger partial charge in [-0.25, -0.2) is 4.90 Å². The SMILES string of the molecule is CCCCOc1ccc(C(=O)Nc2ccc(N3C(=O)c4ccccc4C3=O)c(OC)c2)cc1. The molecule has 3 aromatic rings. The Morgan fingerprint density at radius 1 is 0.939 bits per heavy atom. The van der Waals surface area contributed by atoms with Gasteiger partial charge in [-0.3, -0.25) is 14.4 Å². The number of carbonyl (C=O) groups is 3. The van der Waals surface area contributed by atoms with Crippen LogP contribution in [0.15, 0.2) is 66.7 Å². The van der Waals surface area contributed by atoms with Crippen LogP contribution in [0.4, 0.5) is 11.4 Å². The van der Waals surface area contributed by atoms with Gasteiger partial charge in [-0.05, 0) is 55.0 Å². The van der Waals surface area contributed by atoms with Gasteiger partial charge in [0.25, 0.3) is 17.7 Å². The van der Waals surface area contributed by atoms with Crippen LogP contribution < -0.4 is 19.7 Å². The van der Waals surface area contributed by atoms with E-state index in [0.29, 0.717) is 46.2 Å². The Morgan fingerprint density at radius 3 is 2.21 bits per heavy atom. The van der Waals surface area contributed by atoms with Gasteiger partial charge in [-0.1, -0.05) is 25.5 Å². The van der Waals surface area contributed by atoms with Gasteiger partial charge in [0.05, 0.1) is 30.5 Å². The Balaban J connectivity index is 1.50. The Bertz CT molecular complexity index is 1170. The standard InChI is InChI=1S/C26H24N2O5/c1-3-4-15-33-19-12-9-17(10-13-19)24(29)27-18-11-14-22(23(16-18)32-2)28-25(30)20-7-5-6-8-21(20)26(28)31/h5-14,16H,3-4,15H2,1-2H3,(H,27,29). The van der Waals surface area contributed by atoms with Gasteiger partial charge in [0, 0.05) is 17.3 Å². The molecule has 0 aliphatic carbocycles. The predicted octanol–water partition coefficient (Wildman–Crippen LogP) is 4.93. The van der Waals surface area contributed by atoms with Crippen LogP contribution >= 0.6 is 0 Å². The second kappa shape index (κ2) is 9.56. The number of imide groups is 1. The summed E-state index contributed by atoms with van der Waals surface area (Å²) in [6.07, 6.45) is 2.02. The van der Waals surface area contributed by atoms with Crippen molar-refractivity contribution in [2.45, 2.75) is 19.8 Å². The van der Waals surface area contributed by atoms with Crippen molar-refractivity contribution in [3.8, 4) is 11.5 Å². The first kappa shape index (κ1) is 22.1. The van der Waals surface area contributed by atoms with Crippen molar-refractivity contribution in [3.63, 3.8) is 0 Å². The lowest BCUT2D eigenvalue weighted by atomic mass is 10.1. The lowest BCUT2D eigenvalue weighted by molar-refractivity contribution is 0.0923. The van der Waals surface area contributed by atoms with Crippen molar-refractivity contribution in [2.24, 2.45) is 0 Å². The first-order valence-corrected chi connectivity index (χ1v) is 10.7. The quantitative estimate of drug-likeness (QED) is 0.393. The number of amides is 3. The van der Waals surface area contributed by atoms with Crippen LogP contribution in [0.3, 0.4) is 0 Å². The third-order valence-electron chi connectivity index (χ3n) is 5.36. The average Bonchev–Trinajstić information content (AvgIpc) is 3.09. The summed E-state index contributed by atoms with van der Waals surface area (Å²) in [5.41, 5.74) is 1.96. The van der Waals surface area contributed by atoms with Gasteiger partial charge in [0.1, 0.15) is 11.5 Å². The molecule has 0 saturated carbocycles. The molecule has 0 unspecified atom stereocenters. The maximum atomic E-state index is 12.8. The number of ether oxygens (including phenoxy) is 2. The molecule has 0 bridgehead atoms. The van der Waals surface area contributed by atoms with E-state index in [0.717, 1.165) is 17.7 Å². The van der Waals surface area contributed by atoms with E-state index < -0.39 is 11.8 Å². The number of hydrogen-bond acceptors (Lipinski definition) is 5. The number of nitrogens with zero attached hydrogens (tertiary/aromatic N) is 1. The number of hydrogen-bond donors (Lipinski definition) is 1. The van der Waals surface area contributed by atoms with Crippen LogP contribution in [0.1, 0.15) is 50.8 Å². The first-order chi connectivity index (χ1) is 16.0. The van der Waals surface area contributed by atoms with Crippen LogP contribution in [0.2, 0.25) is 0 Å². The smallest absolute Gasteiger partial charge is 0.266 e. The van der Waals surface area contributed by atoms with E-state index in [4.69, 9.17) is 9.47 Å². The summed E-state index contributed by atoms with van der Waals surface area (Å²) >= 11 is 0. The molecule has 3 amide bonds. The van der Waals surface area contributed by atoms with Gasteiger partial charge in [0.15, 0.2) is 0 Å². The van der Waals surface area contributed by atoms with Crippen LogP contribution in [-0.2, 0) is 0 Å². The molecule has 0 saturated heterocycles. The normalized spacial score (nSPS) is 12.5.